The van der Waals surface area contributed by atoms with E-state index in [9.17, 15) is 0 Å². The fraction of sp³-hybridized carbons (Fsp3) is 0.214. The van der Waals surface area contributed by atoms with Gasteiger partial charge in [-0.1, -0.05) is 28.1 Å². The van der Waals surface area contributed by atoms with Gasteiger partial charge in [-0.2, -0.15) is 0 Å². The number of pyridine rings is 1. The van der Waals surface area contributed by atoms with Gasteiger partial charge in [0.2, 0.25) is 0 Å². The van der Waals surface area contributed by atoms with Crippen molar-refractivity contribution in [2.45, 2.75) is 25.9 Å². The molecule has 2 unspecified atom stereocenters. The van der Waals surface area contributed by atoms with E-state index >= 15 is 0 Å². The number of anilines is 2. The average molecular weight is 547 g/mol. The van der Waals surface area contributed by atoms with E-state index in [-0.39, 0.29) is 12.1 Å². The van der Waals surface area contributed by atoms with Crippen LogP contribution in [0.1, 0.15) is 34.7 Å². The highest BCUT2D eigenvalue weighted by atomic mass is 79.9. The molecule has 0 spiro atoms. The zero-order valence-corrected chi connectivity index (χ0v) is 22.6. The van der Waals surface area contributed by atoms with Crippen molar-refractivity contribution in [2.24, 2.45) is 0 Å². The standard InChI is InChI=1S/C28H28BrN5S/c1-18-16-24(19(2)33(18)23-9-7-8-20(29)17-23)27-26(25-10-5-6-15-30-25)31-28(35)34(27)22-13-11-21(12-14-22)32(3)4/h5-17,26-27H,1-4H3,(H,31,35). The normalized spacial score (nSPS) is 17.5. The molecule has 5 nitrogen and oxygen atoms in total. The highest BCUT2D eigenvalue weighted by molar-refractivity contribution is 9.10. The van der Waals surface area contributed by atoms with Gasteiger partial charge in [0.05, 0.1) is 17.8 Å². The number of aryl methyl sites for hydroxylation is 1. The number of aromatic nitrogens is 2. The van der Waals surface area contributed by atoms with Crippen LogP contribution in [0, 0.1) is 13.8 Å². The van der Waals surface area contributed by atoms with Crippen LogP contribution in [0.3, 0.4) is 0 Å². The van der Waals surface area contributed by atoms with Crippen LogP contribution in [0.15, 0.2) is 83.5 Å². The zero-order valence-electron chi connectivity index (χ0n) is 20.2. The maximum absolute atomic E-state index is 5.92. The SMILES string of the molecule is Cc1cc(C2C(c3ccccn3)NC(=S)N2c2ccc(N(C)C)cc2)c(C)n1-c1cccc(Br)c1. The van der Waals surface area contributed by atoms with Crippen LogP contribution in [0.4, 0.5) is 11.4 Å². The maximum atomic E-state index is 5.92. The van der Waals surface area contributed by atoms with Crippen molar-refractivity contribution in [3.63, 3.8) is 0 Å². The van der Waals surface area contributed by atoms with E-state index in [4.69, 9.17) is 17.2 Å². The smallest absolute Gasteiger partial charge is 0.174 e. The van der Waals surface area contributed by atoms with Crippen molar-refractivity contribution in [1.82, 2.24) is 14.9 Å². The van der Waals surface area contributed by atoms with Gasteiger partial charge in [-0.05, 0) is 92.3 Å². The summed E-state index contributed by atoms with van der Waals surface area (Å²) in [5, 5.41) is 4.28. The molecule has 178 valence electrons. The first-order chi connectivity index (χ1) is 16.8. The summed E-state index contributed by atoms with van der Waals surface area (Å²) < 4.78 is 3.37. The topological polar surface area (TPSA) is 36.3 Å². The van der Waals surface area contributed by atoms with Crippen molar-refractivity contribution in [3.05, 3.63) is 106 Å². The molecule has 2 aromatic heterocycles. The van der Waals surface area contributed by atoms with E-state index in [0.29, 0.717) is 5.11 Å². The van der Waals surface area contributed by atoms with E-state index in [0.717, 1.165) is 27.2 Å². The Kier molecular flexibility index (Phi) is 6.38. The Morgan fingerprint density at radius 2 is 1.71 bits per heavy atom. The van der Waals surface area contributed by atoms with Gasteiger partial charge in [0.25, 0.3) is 0 Å². The largest absolute Gasteiger partial charge is 0.378 e. The minimum atomic E-state index is -0.0753. The molecule has 35 heavy (non-hydrogen) atoms. The van der Waals surface area contributed by atoms with Crippen LogP contribution < -0.4 is 15.1 Å². The molecule has 2 aromatic carbocycles. The highest BCUT2D eigenvalue weighted by Crippen LogP contribution is 2.44. The minimum absolute atomic E-state index is 0.0466. The molecule has 2 atom stereocenters. The number of nitrogens with one attached hydrogen (secondary N) is 1. The molecule has 3 heterocycles. The molecule has 0 aliphatic carbocycles. The molecule has 0 saturated carbocycles. The Balaban J connectivity index is 1.66. The number of hydrogen-bond donors (Lipinski definition) is 1. The van der Waals surface area contributed by atoms with Crippen molar-refractivity contribution in [1.29, 1.82) is 0 Å². The molecule has 1 saturated heterocycles. The zero-order chi connectivity index (χ0) is 24.7. The van der Waals surface area contributed by atoms with Crippen molar-refractivity contribution in [2.75, 3.05) is 23.9 Å². The fourth-order valence-corrected chi connectivity index (χ4v) is 5.69. The molecule has 4 aromatic rings. The Hall–Kier alpha value is -3.16. The van der Waals surface area contributed by atoms with Gasteiger partial charge in [0, 0.05) is 53.2 Å². The van der Waals surface area contributed by atoms with Gasteiger partial charge >= 0.3 is 0 Å². The summed E-state index contributed by atoms with van der Waals surface area (Å²) in [6, 6.07) is 25.2. The Bertz CT molecular complexity index is 1360. The summed E-state index contributed by atoms with van der Waals surface area (Å²) in [7, 11) is 4.10. The summed E-state index contributed by atoms with van der Waals surface area (Å²) in [4.78, 5) is 9.04. The average Bonchev–Trinajstić information content (AvgIpc) is 3.34. The van der Waals surface area contributed by atoms with Gasteiger partial charge < -0.3 is 19.7 Å². The van der Waals surface area contributed by atoms with Crippen LogP contribution in [0.2, 0.25) is 0 Å². The number of rotatable bonds is 5. The van der Waals surface area contributed by atoms with Crippen molar-refractivity contribution < 1.29 is 0 Å². The van der Waals surface area contributed by atoms with E-state index < -0.39 is 0 Å². The lowest BCUT2D eigenvalue weighted by atomic mass is 9.96. The lowest BCUT2D eigenvalue weighted by Crippen LogP contribution is -2.29. The number of thiocarbonyl (C=S) groups is 1. The maximum Gasteiger partial charge on any atom is 0.174 e. The lowest BCUT2D eigenvalue weighted by Gasteiger charge is -2.28. The van der Waals surface area contributed by atoms with Gasteiger partial charge in [0.1, 0.15) is 0 Å². The second kappa shape index (κ2) is 9.47. The van der Waals surface area contributed by atoms with Gasteiger partial charge in [-0.25, -0.2) is 0 Å². The molecular weight excluding hydrogens is 518 g/mol. The molecule has 5 rings (SSSR count). The van der Waals surface area contributed by atoms with E-state index in [1.54, 1.807) is 0 Å². The summed E-state index contributed by atoms with van der Waals surface area (Å²) in [5.41, 5.74) is 7.90. The van der Waals surface area contributed by atoms with E-state index in [2.05, 4.69) is 104 Å². The minimum Gasteiger partial charge on any atom is -0.378 e. The molecule has 0 radical (unpaired) electrons. The number of benzene rings is 2. The first kappa shape index (κ1) is 23.6. The lowest BCUT2D eigenvalue weighted by molar-refractivity contribution is 0.565. The highest BCUT2D eigenvalue weighted by Gasteiger charge is 2.42. The summed E-state index contributed by atoms with van der Waals surface area (Å²) in [6.45, 7) is 4.34. The predicted octanol–water partition coefficient (Wildman–Crippen LogP) is 6.49. The van der Waals surface area contributed by atoms with Crippen molar-refractivity contribution in [3.8, 4) is 5.69 Å². The predicted molar refractivity (Wildman–Crippen MR) is 152 cm³/mol. The molecule has 7 heteroatoms. The first-order valence-electron chi connectivity index (χ1n) is 11.6. The number of hydrogen-bond acceptors (Lipinski definition) is 3. The third-order valence-electron chi connectivity index (χ3n) is 6.60. The third-order valence-corrected chi connectivity index (χ3v) is 7.41. The molecule has 1 aliphatic rings. The van der Waals surface area contributed by atoms with Crippen molar-refractivity contribution >= 4 is 44.6 Å². The molecule has 1 aliphatic heterocycles. The summed E-state index contributed by atoms with van der Waals surface area (Å²) in [5.74, 6) is 0. The quantitative estimate of drug-likeness (QED) is 0.290. The van der Waals surface area contributed by atoms with Crippen LogP contribution >= 0.6 is 28.1 Å². The Morgan fingerprint density at radius 3 is 2.37 bits per heavy atom. The summed E-state index contributed by atoms with van der Waals surface area (Å²) in [6.07, 6.45) is 1.84. The summed E-state index contributed by atoms with van der Waals surface area (Å²) >= 11 is 9.54. The Labute approximate surface area is 220 Å². The van der Waals surface area contributed by atoms with Crippen LogP contribution in [0.5, 0.6) is 0 Å². The second-order valence-electron chi connectivity index (χ2n) is 9.05. The Morgan fingerprint density at radius 1 is 0.943 bits per heavy atom. The molecule has 1 N–H and O–H groups in total. The molecule has 0 amide bonds. The van der Waals surface area contributed by atoms with E-state index in [1.165, 1.54) is 17.0 Å². The monoisotopic (exact) mass is 545 g/mol. The van der Waals surface area contributed by atoms with E-state index in [1.807, 2.05) is 38.5 Å². The fourth-order valence-electron chi connectivity index (χ4n) is 4.96. The van der Waals surface area contributed by atoms with Crippen LogP contribution in [0.25, 0.3) is 5.69 Å². The van der Waals surface area contributed by atoms with Gasteiger partial charge in [-0.3, -0.25) is 4.98 Å². The first-order valence-corrected chi connectivity index (χ1v) is 12.8. The van der Waals surface area contributed by atoms with Crippen LogP contribution in [-0.4, -0.2) is 28.8 Å². The van der Waals surface area contributed by atoms with Crippen LogP contribution in [-0.2, 0) is 0 Å². The number of halogens is 1. The van der Waals surface area contributed by atoms with Gasteiger partial charge in [0.15, 0.2) is 5.11 Å². The molecule has 0 bridgehead atoms. The number of nitrogens with zero attached hydrogens (tertiary/aromatic N) is 4. The molecular formula is C28H28BrN5S. The third kappa shape index (κ3) is 4.34. The van der Waals surface area contributed by atoms with Gasteiger partial charge in [-0.15, -0.1) is 0 Å². The second-order valence-corrected chi connectivity index (χ2v) is 10.4. The molecule has 1 fully saturated rings.